The van der Waals surface area contributed by atoms with Crippen LogP contribution in [0.4, 0.5) is 0 Å². The molecule has 92 valence electrons. The van der Waals surface area contributed by atoms with E-state index in [4.69, 9.17) is 21.1 Å². The topological polar surface area (TPSA) is 47.6 Å². The number of hydrogen-bond acceptors (Lipinski definition) is 3. The van der Waals surface area contributed by atoms with E-state index in [2.05, 4.69) is 5.32 Å². The van der Waals surface area contributed by atoms with Gasteiger partial charge in [-0.1, -0.05) is 11.6 Å². The summed E-state index contributed by atoms with van der Waals surface area (Å²) >= 11 is 6.02. The van der Waals surface area contributed by atoms with Crippen molar-refractivity contribution in [3.8, 4) is 11.5 Å². The molecule has 1 aliphatic rings. The monoisotopic (exact) mass is 255 g/mol. The van der Waals surface area contributed by atoms with Crippen LogP contribution < -0.4 is 14.8 Å². The second-order valence-corrected chi connectivity index (χ2v) is 4.35. The molecule has 1 fully saturated rings. The first-order valence-corrected chi connectivity index (χ1v) is 5.76. The smallest absolute Gasteiger partial charge is 0.251 e. The quantitative estimate of drug-likeness (QED) is 0.898. The molecule has 0 bridgehead atoms. The van der Waals surface area contributed by atoms with Gasteiger partial charge in [-0.2, -0.15) is 0 Å². The SMILES string of the molecule is COc1cc(C(=O)NC2CC2)cc(Cl)c1OC. The highest BCUT2D eigenvalue weighted by atomic mass is 35.5. The highest BCUT2D eigenvalue weighted by Crippen LogP contribution is 2.36. The van der Waals surface area contributed by atoms with Crippen molar-refractivity contribution in [1.82, 2.24) is 5.32 Å². The molecular weight excluding hydrogens is 242 g/mol. The third-order valence-corrected chi connectivity index (χ3v) is 2.89. The Morgan fingerprint density at radius 3 is 2.59 bits per heavy atom. The van der Waals surface area contributed by atoms with E-state index in [1.54, 1.807) is 12.1 Å². The Labute approximate surface area is 105 Å². The highest BCUT2D eigenvalue weighted by molar-refractivity contribution is 6.32. The zero-order valence-corrected chi connectivity index (χ0v) is 10.5. The van der Waals surface area contributed by atoms with Gasteiger partial charge in [-0.3, -0.25) is 4.79 Å². The van der Waals surface area contributed by atoms with Crippen LogP contribution in [0.2, 0.25) is 5.02 Å². The first kappa shape index (κ1) is 12.0. The maximum atomic E-state index is 11.8. The van der Waals surface area contributed by atoms with Crippen molar-refractivity contribution < 1.29 is 14.3 Å². The standard InChI is InChI=1S/C12H14ClNO3/c1-16-10-6-7(5-9(13)11(10)17-2)12(15)14-8-3-4-8/h5-6,8H,3-4H2,1-2H3,(H,14,15). The lowest BCUT2D eigenvalue weighted by atomic mass is 10.2. The molecule has 0 aliphatic heterocycles. The first-order valence-electron chi connectivity index (χ1n) is 5.38. The molecular formula is C12H14ClNO3. The molecule has 0 aromatic heterocycles. The van der Waals surface area contributed by atoms with Gasteiger partial charge in [0.05, 0.1) is 19.2 Å². The van der Waals surface area contributed by atoms with Gasteiger partial charge in [0.2, 0.25) is 0 Å². The maximum Gasteiger partial charge on any atom is 0.251 e. The molecule has 17 heavy (non-hydrogen) atoms. The number of benzene rings is 1. The second-order valence-electron chi connectivity index (χ2n) is 3.94. The van der Waals surface area contributed by atoms with E-state index in [-0.39, 0.29) is 5.91 Å². The Hall–Kier alpha value is -1.42. The van der Waals surface area contributed by atoms with Gasteiger partial charge in [0, 0.05) is 11.6 Å². The Kier molecular flexibility index (Phi) is 3.43. The molecule has 5 heteroatoms. The van der Waals surface area contributed by atoms with Crippen LogP contribution in [0.25, 0.3) is 0 Å². The van der Waals surface area contributed by atoms with Gasteiger partial charge in [0.15, 0.2) is 11.5 Å². The van der Waals surface area contributed by atoms with Crippen LogP contribution in [-0.4, -0.2) is 26.2 Å². The van der Waals surface area contributed by atoms with Crippen molar-refractivity contribution >= 4 is 17.5 Å². The summed E-state index contributed by atoms with van der Waals surface area (Å²) in [5.74, 6) is 0.772. The minimum Gasteiger partial charge on any atom is -0.493 e. The molecule has 4 nitrogen and oxygen atoms in total. The molecule has 1 aromatic rings. The minimum atomic E-state index is -0.129. The van der Waals surface area contributed by atoms with E-state index in [1.807, 2.05) is 0 Å². The van der Waals surface area contributed by atoms with Crippen LogP contribution in [0, 0.1) is 0 Å². The summed E-state index contributed by atoms with van der Waals surface area (Å²) in [4.78, 5) is 11.8. The first-order chi connectivity index (χ1) is 8.15. The molecule has 1 aliphatic carbocycles. The van der Waals surface area contributed by atoms with Crippen molar-refractivity contribution in [2.45, 2.75) is 18.9 Å². The van der Waals surface area contributed by atoms with E-state index >= 15 is 0 Å². The average Bonchev–Trinajstić information content (AvgIpc) is 3.11. The van der Waals surface area contributed by atoms with E-state index in [1.165, 1.54) is 14.2 Å². The van der Waals surface area contributed by atoms with Gasteiger partial charge in [0.1, 0.15) is 0 Å². The summed E-state index contributed by atoms with van der Waals surface area (Å²) in [6.07, 6.45) is 2.10. The van der Waals surface area contributed by atoms with Gasteiger partial charge in [-0.25, -0.2) is 0 Å². The van der Waals surface area contributed by atoms with Crippen molar-refractivity contribution in [2.75, 3.05) is 14.2 Å². The normalized spacial score (nSPS) is 14.3. The number of nitrogens with one attached hydrogen (secondary N) is 1. The maximum absolute atomic E-state index is 11.8. The average molecular weight is 256 g/mol. The summed E-state index contributed by atoms with van der Waals surface area (Å²) in [7, 11) is 3.02. The zero-order valence-electron chi connectivity index (χ0n) is 9.75. The molecule has 0 atom stereocenters. The number of rotatable bonds is 4. The van der Waals surface area contributed by atoms with Crippen molar-refractivity contribution in [1.29, 1.82) is 0 Å². The van der Waals surface area contributed by atoms with Crippen molar-refractivity contribution in [3.63, 3.8) is 0 Å². The third-order valence-electron chi connectivity index (χ3n) is 2.61. The number of halogens is 1. The lowest BCUT2D eigenvalue weighted by Crippen LogP contribution is -2.25. The summed E-state index contributed by atoms with van der Waals surface area (Å²) in [6, 6.07) is 3.53. The number of carbonyl (C=O) groups excluding carboxylic acids is 1. The Balaban J connectivity index is 2.27. The molecule has 0 unspecified atom stereocenters. The molecule has 1 aromatic carbocycles. The van der Waals surface area contributed by atoms with Gasteiger partial charge < -0.3 is 14.8 Å². The van der Waals surface area contributed by atoms with Crippen molar-refractivity contribution in [3.05, 3.63) is 22.7 Å². The number of hydrogen-bond donors (Lipinski definition) is 1. The van der Waals surface area contributed by atoms with Crippen molar-refractivity contribution in [2.24, 2.45) is 0 Å². The van der Waals surface area contributed by atoms with Crippen LogP contribution in [0.15, 0.2) is 12.1 Å². The largest absolute Gasteiger partial charge is 0.493 e. The van der Waals surface area contributed by atoms with Gasteiger partial charge >= 0.3 is 0 Å². The van der Waals surface area contributed by atoms with Gasteiger partial charge in [-0.05, 0) is 25.0 Å². The lowest BCUT2D eigenvalue weighted by molar-refractivity contribution is 0.0950. The molecule has 2 rings (SSSR count). The highest BCUT2D eigenvalue weighted by Gasteiger charge is 2.24. The minimum absolute atomic E-state index is 0.129. The van der Waals surface area contributed by atoms with E-state index in [0.29, 0.717) is 28.1 Å². The van der Waals surface area contributed by atoms with Crippen LogP contribution >= 0.6 is 11.6 Å². The number of amides is 1. The Morgan fingerprint density at radius 1 is 1.35 bits per heavy atom. The summed E-state index contributed by atoms with van der Waals surface area (Å²) < 4.78 is 10.2. The molecule has 1 amide bonds. The fourth-order valence-electron chi connectivity index (χ4n) is 1.55. The molecule has 0 spiro atoms. The summed E-state index contributed by atoms with van der Waals surface area (Å²) in [5.41, 5.74) is 0.486. The number of carbonyl (C=O) groups is 1. The van der Waals surface area contributed by atoms with Crippen LogP contribution in [0.1, 0.15) is 23.2 Å². The van der Waals surface area contributed by atoms with Crippen LogP contribution in [-0.2, 0) is 0 Å². The number of ether oxygens (including phenoxy) is 2. The van der Waals surface area contributed by atoms with Gasteiger partial charge in [-0.15, -0.1) is 0 Å². The van der Waals surface area contributed by atoms with E-state index in [0.717, 1.165) is 12.8 Å². The fraction of sp³-hybridized carbons (Fsp3) is 0.417. The third kappa shape index (κ3) is 2.64. The second kappa shape index (κ2) is 4.84. The van der Waals surface area contributed by atoms with E-state index < -0.39 is 0 Å². The molecule has 0 saturated heterocycles. The predicted octanol–water partition coefficient (Wildman–Crippen LogP) is 2.25. The summed E-state index contributed by atoms with van der Waals surface area (Å²) in [5, 5.41) is 3.26. The zero-order chi connectivity index (χ0) is 12.4. The summed E-state index contributed by atoms with van der Waals surface area (Å²) in [6.45, 7) is 0. The molecule has 1 saturated carbocycles. The van der Waals surface area contributed by atoms with Gasteiger partial charge in [0.25, 0.3) is 5.91 Å². The predicted molar refractivity (Wildman–Crippen MR) is 65.0 cm³/mol. The van der Waals surface area contributed by atoms with Crippen LogP contribution in [0.3, 0.4) is 0 Å². The molecule has 0 heterocycles. The Morgan fingerprint density at radius 2 is 2.06 bits per heavy atom. The fourth-order valence-corrected chi connectivity index (χ4v) is 1.83. The molecule has 1 N–H and O–H groups in total. The molecule has 0 radical (unpaired) electrons. The van der Waals surface area contributed by atoms with E-state index in [9.17, 15) is 4.79 Å². The Bertz CT molecular complexity index is 444. The lowest BCUT2D eigenvalue weighted by Gasteiger charge is -2.11. The number of methoxy groups -OCH3 is 2. The van der Waals surface area contributed by atoms with Crippen LogP contribution in [0.5, 0.6) is 11.5 Å².